The SMILES string of the molecule is Nc1ncc(-c2cn3cc(CN4CCN(S(=O)(=O)c5ccccc5)CC4)nc3c(N3CCOCC3)n2)cn1. The molecule has 0 aliphatic carbocycles. The lowest BCUT2D eigenvalue weighted by molar-refractivity contribution is 0.122. The van der Waals surface area contributed by atoms with Crippen molar-refractivity contribution in [1.29, 1.82) is 0 Å². The third-order valence-electron chi connectivity index (χ3n) is 6.85. The molecule has 0 unspecified atom stereocenters. The molecular weight excluding hydrogens is 506 g/mol. The molecule has 0 saturated carbocycles. The summed E-state index contributed by atoms with van der Waals surface area (Å²) < 4.78 is 35.1. The molecule has 1 aromatic carbocycles. The Morgan fingerprint density at radius 1 is 0.895 bits per heavy atom. The number of nitrogens with two attached hydrogens (primary N) is 1. The highest BCUT2D eigenvalue weighted by molar-refractivity contribution is 7.89. The summed E-state index contributed by atoms with van der Waals surface area (Å²) in [6.45, 7) is 5.46. The monoisotopic (exact) mass is 535 g/mol. The van der Waals surface area contributed by atoms with E-state index in [9.17, 15) is 8.42 Å². The molecule has 2 N–H and O–H groups in total. The summed E-state index contributed by atoms with van der Waals surface area (Å²) in [6, 6.07) is 8.60. The van der Waals surface area contributed by atoms with Crippen LogP contribution in [-0.2, 0) is 21.3 Å². The van der Waals surface area contributed by atoms with Gasteiger partial charge in [-0.15, -0.1) is 0 Å². The molecule has 0 spiro atoms. The van der Waals surface area contributed by atoms with Crippen molar-refractivity contribution in [1.82, 2.24) is 33.5 Å². The minimum Gasteiger partial charge on any atom is -0.378 e. The van der Waals surface area contributed by atoms with Crippen LogP contribution in [0, 0.1) is 0 Å². The van der Waals surface area contributed by atoms with Crippen LogP contribution in [0.5, 0.6) is 0 Å². The van der Waals surface area contributed by atoms with Gasteiger partial charge in [0.25, 0.3) is 0 Å². The summed E-state index contributed by atoms with van der Waals surface area (Å²) in [6.07, 6.45) is 7.27. The minimum atomic E-state index is -3.49. The second kappa shape index (κ2) is 10.3. The second-order valence-corrected chi connectivity index (χ2v) is 11.3. The van der Waals surface area contributed by atoms with Gasteiger partial charge in [0, 0.05) is 76.2 Å². The van der Waals surface area contributed by atoms with E-state index in [2.05, 4.69) is 19.8 Å². The van der Waals surface area contributed by atoms with Gasteiger partial charge in [-0.2, -0.15) is 4.31 Å². The van der Waals surface area contributed by atoms with Gasteiger partial charge in [0.05, 0.1) is 29.5 Å². The summed E-state index contributed by atoms with van der Waals surface area (Å²) in [4.78, 5) is 22.9. The number of fused-ring (bicyclic) bond motifs is 1. The number of nitrogen functional groups attached to an aromatic ring is 1. The molecule has 198 valence electrons. The Morgan fingerprint density at radius 3 is 2.32 bits per heavy atom. The number of nitrogens with zero attached hydrogens (tertiary/aromatic N) is 8. The highest BCUT2D eigenvalue weighted by atomic mass is 32.2. The quantitative estimate of drug-likeness (QED) is 0.382. The Labute approximate surface area is 220 Å². The van der Waals surface area contributed by atoms with Crippen LogP contribution in [0.2, 0.25) is 0 Å². The zero-order valence-corrected chi connectivity index (χ0v) is 21.7. The van der Waals surface area contributed by atoms with E-state index in [0.717, 1.165) is 41.5 Å². The van der Waals surface area contributed by atoms with Crippen molar-refractivity contribution in [2.75, 3.05) is 63.1 Å². The predicted octanol–water partition coefficient (Wildman–Crippen LogP) is 1.11. The van der Waals surface area contributed by atoms with Gasteiger partial charge in [0.15, 0.2) is 11.5 Å². The van der Waals surface area contributed by atoms with E-state index < -0.39 is 10.0 Å². The van der Waals surface area contributed by atoms with Gasteiger partial charge in [-0.05, 0) is 12.1 Å². The van der Waals surface area contributed by atoms with Gasteiger partial charge >= 0.3 is 0 Å². The Morgan fingerprint density at radius 2 is 1.61 bits per heavy atom. The first-order chi connectivity index (χ1) is 18.5. The number of rotatable bonds is 6. The molecule has 0 atom stereocenters. The summed E-state index contributed by atoms with van der Waals surface area (Å²) in [5.41, 5.74) is 8.83. The molecule has 5 heterocycles. The van der Waals surface area contributed by atoms with Crippen LogP contribution >= 0.6 is 0 Å². The second-order valence-electron chi connectivity index (χ2n) is 9.34. The first-order valence-corrected chi connectivity index (χ1v) is 14.0. The third kappa shape index (κ3) is 4.92. The topological polar surface area (TPSA) is 135 Å². The Kier molecular flexibility index (Phi) is 6.66. The number of piperazine rings is 1. The van der Waals surface area contributed by atoms with E-state index in [1.807, 2.05) is 22.9 Å². The van der Waals surface area contributed by atoms with Crippen molar-refractivity contribution in [3.63, 3.8) is 0 Å². The Balaban J connectivity index is 1.23. The maximum absolute atomic E-state index is 13.0. The fraction of sp³-hybridized carbons (Fsp3) is 0.360. The maximum Gasteiger partial charge on any atom is 0.243 e. The van der Waals surface area contributed by atoms with Crippen molar-refractivity contribution in [3.8, 4) is 11.3 Å². The van der Waals surface area contributed by atoms with Crippen LogP contribution in [0.25, 0.3) is 16.9 Å². The number of morpholine rings is 1. The highest BCUT2D eigenvalue weighted by Crippen LogP contribution is 2.26. The van der Waals surface area contributed by atoms with Crippen LogP contribution in [0.4, 0.5) is 11.8 Å². The van der Waals surface area contributed by atoms with E-state index >= 15 is 0 Å². The molecular formula is C25H29N9O3S. The number of aromatic nitrogens is 5. The van der Waals surface area contributed by atoms with Crippen LogP contribution in [0.1, 0.15) is 5.69 Å². The van der Waals surface area contributed by atoms with Gasteiger partial charge in [-0.1, -0.05) is 18.2 Å². The lowest BCUT2D eigenvalue weighted by atomic mass is 10.2. The summed E-state index contributed by atoms with van der Waals surface area (Å²) in [5.74, 6) is 0.998. The molecule has 2 aliphatic heterocycles. The fourth-order valence-corrected chi connectivity index (χ4v) is 6.25. The van der Waals surface area contributed by atoms with Crippen LogP contribution < -0.4 is 10.6 Å². The van der Waals surface area contributed by atoms with E-state index in [0.29, 0.717) is 50.8 Å². The molecule has 12 nitrogen and oxygen atoms in total. The average Bonchev–Trinajstić information content (AvgIpc) is 3.36. The predicted molar refractivity (Wildman–Crippen MR) is 142 cm³/mol. The largest absolute Gasteiger partial charge is 0.378 e. The Bertz CT molecular complexity index is 1510. The molecule has 2 saturated heterocycles. The standard InChI is InChI=1S/C25H29N9O3S/c26-25-27-14-19(15-28-25)22-18-33-17-20(29-23(33)24(30-22)32-10-12-37-13-11-32)16-31-6-8-34(9-7-31)38(35,36)21-4-2-1-3-5-21/h1-5,14-15,17-18H,6-13,16H2,(H2,26,27,28). The molecule has 3 aromatic heterocycles. The van der Waals surface area contributed by atoms with Crippen molar-refractivity contribution < 1.29 is 13.2 Å². The number of benzene rings is 1. The van der Waals surface area contributed by atoms with Crippen LogP contribution in [0.3, 0.4) is 0 Å². The van der Waals surface area contributed by atoms with Gasteiger partial charge in [-0.3, -0.25) is 4.90 Å². The smallest absolute Gasteiger partial charge is 0.243 e. The van der Waals surface area contributed by atoms with Gasteiger partial charge < -0.3 is 19.8 Å². The van der Waals surface area contributed by atoms with Gasteiger partial charge in [-0.25, -0.2) is 28.4 Å². The molecule has 2 fully saturated rings. The molecule has 13 heteroatoms. The first kappa shape index (κ1) is 24.7. The van der Waals surface area contributed by atoms with E-state index in [4.69, 9.17) is 20.4 Å². The molecule has 2 aliphatic rings. The number of imidazole rings is 1. The van der Waals surface area contributed by atoms with Gasteiger partial charge in [0.1, 0.15) is 0 Å². The van der Waals surface area contributed by atoms with Crippen molar-refractivity contribution in [2.24, 2.45) is 0 Å². The fourth-order valence-electron chi connectivity index (χ4n) is 4.80. The number of sulfonamides is 1. The zero-order valence-electron chi connectivity index (χ0n) is 20.8. The molecule has 0 radical (unpaired) electrons. The third-order valence-corrected chi connectivity index (χ3v) is 8.76. The molecule has 38 heavy (non-hydrogen) atoms. The summed E-state index contributed by atoms with van der Waals surface area (Å²) in [7, 11) is -3.49. The van der Waals surface area contributed by atoms with Crippen LogP contribution in [0.15, 0.2) is 60.0 Å². The highest BCUT2D eigenvalue weighted by Gasteiger charge is 2.29. The average molecular weight is 536 g/mol. The Hall–Kier alpha value is -3.65. The van der Waals surface area contributed by atoms with Crippen molar-refractivity contribution in [2.45, 2.75) is 11.4 Å². The minimum absolute atomic E-state index is 0.213. The molecule has 4 aromatic rings. The van der Waals surface area contributed by atoms with E-state index in [1.165, 1.54) is 0 Å². The first-order valence-electron chi connectivity index (χ1n) is 12.5. The zero-order chi connectivity index (χ0) is 26.1. The number of anilines is 2. The summed E-state index contributed by atoms with van der Waals surface area (Å²) in [5, 5.41) is 0. The normalized spacial score (nSPS) is 17.7. The molecule has 0 bridgehead atoms. The van der Waals surface area contributed by atoms with Crippen LogP contribution in [-0.4, -0.2) is 94.4 Å². The van der Waals surface area contributed by atoms with E-state index in [-0.39, 0.29) is 5.95 Å². The number of hydrogen-bond donors (Lipinski definition) is 1. The van der Waals surface area contributed by atoms with Crippen molar-refractivity contribution >= 4 is 27.4 Å². The van der Waals surface area contributed by atoms with Gasteiger partial charge in [0.2, 0.25) is 16.0 Å². The maximum atomic E-state index is 13.0. The summed E-state index contributed by atoms with van der Waals surface area (Å²) >= 11 is 0. The number of ether oxygens (including phenoxy) is 1. The van der Waals surface area contributed by atoms with E-state index in [1.54, 1.807) is 41.0 Å². The molecule has 6 rings (SSSR count). The molecule has 0 amide bonds. The van der Waals surface area contributed by atoms with Crippen molar-refractivity contribution in [3.05, 3.63) is 60.8 Å². The number of hydrogen-bond acceptors (Lipinski definition) is 10. The lowest BCUT2D eigenvalue weighted by Crippen LogP contribution is -2.48. The lowest BCUT2D eigenvalue weighted by Gasteiger charge is -2.33.